The molecule has 34 heavy (non-hydrogen) atoms. The number of nitrogens with zero attached hydrogens (tertiary/aromatic N) is 3. The Morgan fingerprint density at radius 2 is 2.00 bits per heavy atom. The summed E-state index contributed by atoms with van der Waals surface area (Å²) in [6.07, 6.45) is 0.660. The van der Waals surface area contributed by atoms with Crippen LogP contribution >= 0.6 is 11.3 Å². The third-order valence-electron chi connectivity index (χ3n) is 4.96. The Balaban J connectivity index is 1.64. The van der Waals surface area contributed by atoms with Gasteiger partial charge < -0.3 is 20.1 Å². The molecule has 0 aliphatic rings. The standard InChI is InChI=1S/C25H30N4O4S/c1-25(2,3)23(32)33-18-8-6-7-16(11-18)20(30)13-26-14-21(31)19-12-27-24(29(4)5)28-22(19)17-9-10-34-15-17/h6-12,15,20,26,30H,13-14H2,1-5H3. The van der Waals surface area contributed by atoms with E-state index in [9.17, 15) is 14.7 Å². The molecule has 0 saturated carbocycles. The maximum absolute atomic E-state index is 12.9. The Bertz CT molecular complexity index is 1140. The number of hydrogen-bond donors (Lipinski definition) is 2. The SMILES string of the molecule is CN(C)c1ncc(C(=O)CNCC(O)c2cccc(OC(=O)C(C)(C)C)c2)c(-c2ccsc2)n1. The maximum Gasteiger partial charge on any atom is 0.316 e. The Labute approximate surface area is 203 Å². The van der Waals surface area contributed by atoms with E-state index in [-0.39, 0.29) is 24.8 Å². The second-order valence-corrected chi connectivity index (χ2v) is 9.90. The number of anilines is 1. The van der Waals surface area contributed by atoms with Crippen molar-refractivity contribution in [2.75, 3.05) is 32.1 Å². The molecule has 0 aliphatic heterocycles. The fourth-order valence-corrected chi connectivity index (χ4v) is 3.63. The van der Waals surface area contributed by atoms with Gasteiger partial charge in [-0.3, -0.25) is 9.59 Å². The highest BCUT2D eigenvalue weighted by atomic mass is 32.1. The first-order valence-corrected chi connectivity index (χ1v) is 11.8. The molecule has 0 aliphatic carbocycles. The first-order chi connectivity index (χ1) is 16.1. The third-order valence-corrected chi connectivity index (χ3v) is 5.64. The van der Waals surface area contributed by atoms with Crippen molar-refractivity contribution in [1.82, 2.24) is 15.3 Å². The van der Waals surface area contributed by atoms with Crippen molar-refractivity contribution in [3.8, 4) is 17.0 Å². The van der Waals surface area contributed by atoms with Gasteiger partial charge in [-0.05, 0) is 49.9 Å². The van der Waals surface area contributed by atoms with Crippen LogP contribution in [0.5, 0.6) is 5.75 Å². The van der Waals surface area contributed by atoms with E-state index in [0.29, 0.717) is 28.5 Å². The van der Waals surface area contributed by atoms with E-state index >= 15 is 0 Å². The summed E-state index contributed by atoms with van der Waals surface area (Å²) in [5.74, 6) is 0.359. The summed E-state index contributed by atoms with van der Waals surface area (Å²) in [4.78, 5) is 35.7. The van der Waals surface area contributed by atoms with Crippen LogP contribution in [0.25, 0.3) is 11.3 Å². The number of rotatable bonds is 9. The molecule has 3 aromatic rings. The van der Waals surface area contributed by atoms with Crippen LogP contribution in [0.3, 0.4) is 0 Å². The van der Waals surface area contributed by atoms with Crippen molar-refractivity contribution >= 4 is 29.0 Å². The van der Waals surface area contributed by atoms with Crippen molar-refractivity contribution in [1.29, 1.82) is 0 Å². The molecule has 1 aromatic carbocycles. The minimum Gasteiger partial charge on any atom is -0.426 e. The number of Topliss-reactive ketones (excluding diaryl/α,β-unsaturated/α-hetero) is 1. The first-order valence-electron chi connectivity index (χ1n) is 10.9. The lowest BCUT2D eigenvalue weighted by Crippen LogP contribution is -2.28. The Morgan fingerprint density at radius 3 is 2.65 bits per heavy atom. The van der Waals surface area contributed by atoms with Crippen LogP contribution in [0.4, 0.5) is 5.95 Å². The number of aromatic nitrogens is 2. The molecule has 2 heterocycles. The van der Waals surface area contributed by atoms with E-state index in [4.69, 9.17) is 4.74 Å². The zero-order chi connectivity index (χ0) is 24.9. The Morgan fingerprint density at radius 1 is 1.24 bits per heavy atom. The number of aliphatic hydroxyl groups excluding tert-OH is 1. The lowest BCUT2D eigenvalue weighted by atomic mass is 9.97. The molecular weight excluding hydrogens is 452 g/mol. The molecule has 0 radical (unpaired) electrons. The summed E-state index contributed by atoms with van der Waals surface area (Å²) in [5.41, 5.74) is 1.81. The molecule has 0 fully saturated rings. The van der Waals surface area contributed by atoms with Gasteiger partial charge in [0.2, 0.25) is 5.95 Å². The number of ether oxygens (including phenoxy) is 1. The van der Waals surface area contributed by atoms with Crippen molar-refractivity contribution in [2.24, 2.45) is 5.41 Å². The molecule has 0 spiro atoms. The molecule has 9 heteroatoms. The monoisotopic (exact) mass is 482 g/mol. The van der Waals surface area contributed by atoms with Gasteiger partial charge >= 0.3 is 5.97 Å². The fraction of sp³-hybridized carbons (Fsp3) is 0.360. The number of esters is 1. The van der Waals surface area contributed by atoms with Gasteiger partial charge in [0.1, 0.15) is 5.75 Å². The largest absolute Gasteiger partial charge is 0.426 e. The summed E-state index contributed by atoms with van der Waals surface area (Å²) < 4.78 is 5.40. The highest BCUT2D eigenvalue weighted by Crippen LogP contribution is 2.26. The number of benzene rings is 1. The van der Waals surface area contributed by atoms with E-state index in [1.807, 2.05) is 30.9 Å². The minimum absolute atomic E-state index is 0.0115. The van der Waals surface area contributed by atoms with Crippen LogP contribution in [-0.4, -0.2) is 54.0 Å². The van der Waals surface area contributed by atoms with E-state index in [0.717, 1.165) is 5.56 Å². The quantitative estimate of drug-likeness (QED) is 0.270. The summed E-state index contributed by atoms with van der Waals surface area (Å²) in [6.45, 7) is 5.48. The van der Waals surface area contributed by atoms with Crippen LogP contribution in [0.1, 0.15) is 42.8 Å². The lowest BCUT2D eigenvalue weighted by Gasteiger charge is -2.17. The molecule has 2 N–H and O–H groups in total. The number of nitrogens with one attached hydrogen (secondary N) is 1. The average molecular weight is 483 g/mol. The highest BCUT2D eigenvalue weighted by Gasteiger charge is 2.24. The maximum atomic E-state index is 12.9. The number of thiophene rings is 1. The van der Waals surface area contributed by atoms with Crippen molar-refractivity contribution in [3.63, 3.8) is 0 Å². The third kappa shape index (κ3) is 6.47. The van der Waals surface area contributed by atoms with E-state index in [1.165, 1.54) is 11.3 Å². The molecule has 0 bridgehead atoms. The Kier molecular flexibility index (Phi) is 8.14. The number of aliphatic hydroxyl groups is 1. The zero-order valence-corrected chi connectivity index (χ0v) is 20.8. The van der Waals surface area contributed by atoms with Gasteiger partial charge in [0.15, 0.2) is 5.78 Å². The molecule has 3 rings (SSSR count). The van der Waals surface area contributed by atoms with E-state index < -0.39 is 11.5 Å². The smallest absolute Gasteiger partial charge is 0.316 e. The van der Waals surface area contributed by atoms with Gasteiger partial charge in [-0.25, -0.2) is 9.97 Å². The summed E-state index contributed by atoms with van der Waals surface area (Å²) in [7, 11) is 3.69. The van der Waals surface area contributed by atoms with Gasteiger partial charge in [0.05, 0.1) is 29.3 Å². The molecular formula is C25H30N4O4S. The molecule has 0 amide bonds. The highest BCUT2D eigenvalue weighted by molar-refractivity contribution is 7.08. The summed E-state index contributed by atoms with van der Waals surface area (Å²) >= 11 is 1.53. The molecule has 0 saturated heterocycles. The van der Waals surface area contributed by atoms with Crippen molar-refractivity contribution in [2.45, 2.75) is 26.9 Å². The number of carbonyl (C=O) groups excluding carboxylic acids is 2. The number of ketones is 1. The predicted molar refractivity (Wildman–Crippen MR) is 133 cm³/mol. The summed E-state index contributed by atoms with van der Waals surface area (Å²) in [6, 6.07) is 8.66. The first kappa shape index (κ1) is 25.5. The van der Waals surface area contributed by atoms with E-state index in [2.05, 4.69) is 15.3 Å². The molecule has 8 nitrogen and oxygen atoms in total. The normalized spacial score (nSPS) is 12.3. The Hall–Kier alpha value is -3.14. The van der Waals surface area contributed by atoms with Gasteiger partial charge in [0, 0.05) is 37.8 Å². The predicted octanol–water partition coefficient (Wildman–Crippen LogP) is 3.73. The van der Waals surface area contributed by atoms with Crippen LogP contribution in [0, 0.1) is 5.41 Å². The molecule has 2 aromatic heterocycles. The molecule has 1 unspecified atom stereocenters. The van der Waals surface area contributed by atoms with Crippen LogP contribution in [0.2, 0.25) is 0 Å². The van der Waals surface area contributed by atoms with Gasteiger partial charge in [-0.2, -0.15) is 11.3 Å². The summed E-state index contributed by atoms with van der Waals surface area (Å²) in [5, 5.41) is 17.5. The average Bonchev–Trinajstić information content (AvgIpc) is 3.33. The fourth-order valence-electron chi connectivity index (χ4n) is 2.99. The van der Waals surface area contributed by atoms with Crippen LogP contribution < -0.4 is 15.0 Å². The van der Waals surface area contributed by atoms with Gasteiger partial charge in [0.25, 0.3) is 0 Å². The van der Waals surface area contributed by atoms with E-state index in [1.54, 1.807) is 56.1 Å². The lowest BCUT2D eigenvalue weighted by molar-refractivity contribution is -0.143. The second kappa shape index (κ2) is 10.9. The molecule has 180 valence electrons. The zero-order valence-electron chi connectivity index (χ0n) is 20.0. The minimum atomic E-state index is -0.884. The number of carbonyl (C=O) groups is 2. The van der Waals surface area contributed by atoms with Gasteiger partial charge in [-0.15, -0.1) is 0 Å². The number of hydrogen-bond acceptors (Lipinski definition) is 9. The van der Waals surface area contributed by atoms with Crippen LogP contribution in [0.15, 0.2) is 47.3 Å². The van der Waals surface area contributed by atoms with Crippen molar-refractivity contribution < 1.29 is 19.4 Å². The van der Waals surface area contributed by atoms with Gasteiger partial charge in [-0.1, -0.05) is 12.1 Å². The van der Waals surface area contributed by atoms with Crippen LogP contribution in [-0.2, 0) is 4.79 Å². The molecule has 1 atom stereocenters. The second-order valence-electron chi connectivity index (χ2n) is 9.12. The van der Waals surface area contributed by atoms with Crippen molar-refractivity contribution in [3.05, 3.63) is 58.4 Å². The topological polar surface area (TPSA) is 105 Å².